The first kappa shape index (κ1) is 16.3. The molecule has 2 amide bonds. The highest BCUT2D eigenvalue weighted by Gasteiger charge is 2.29. The molecule has 118 valence electrons. The van der Waals surface area contributed by atoms with Crippen LogP contribution in [0.2, 0.25) is 0 Å². The molecule has 8 heteroatoms. The van der Waals surface area contributed by atoms with Crippen molar-refractivity contribution >= 4 is 27.2 Å². The Kier molecular flexibility index (Phi) is 5.23. The van der Waals surface area contributed by atoms with Crippen molar-refractivity contribution in [3.63, 3.8) is 0 Å². The van der Waals surface area contributed by atoms with Crippen LogP contribution in [0.4, 0.5) is 4.79 Å². The van der Waals surface area contributed by atoms with Crippen LogP contribution in [0.5, 0.6) is 0 Å². The van der Waals surface area contributed by atoms with Gasteiger partial charge in [0.1, 0.15) is 0 Å². The molecule has 0 bridgehead atoms. The number of carbonyl (C=O) groups is 1. The minimum atomic E-state index is -2.97. The number of hydrogen-bond donors (Lipinski definition) is 2. The van der Waals surface area contributed by atoms with E-state index in [1.54, 1.807) is 11.3 Å². The van der Waals surface area contributed by atoms with Crippen LogP contribution in [-0.2, 0) is 9.84 Å². The second-order valence-electron chi connectivity index (χ2n) is 5.45. The standard InChI is InChI=1S/C13H21N3O3S2/c1-16(2)11(12-4-3-6-20-12)8-14-13(17)15-10-5-7-21(18,19)9-10/h3-4,6,10-11H,5,7-9H2,1-2H3,(H2,14,15,17)/t10-,11-/m0/s1. The minimum absolute atomic E-state index is 0.0441. The molecule has 1 saturated heterocycles. The Morgan fingerprint density at radius 2 is 2.29 bits per heavy atom. The largest absolute Gasteiger partial charge is 0.336 e. The van der Waals surface area contributed by atoms with Crippen molar-refractivity contribution in [3.8, 4) is 0 Å². The first-order valence-corrected chi connectivity index (χ1v) is 9.52. The van der Waals surface area contributed by atoms with Gasteiger partial charge in [-0.1, -0.05) is 6.07 Å². The number of rotatable bonds is 5. The zero-order valence-corrected chi connectivity index (χ0v) is 13.8. The summed E-state index contributed by atoms with van der Waals surface area (Å²) in [4.78, 5) is 15.1. The van der Waals surface area contributed by atoms with Gasteiger partial charge in [0, 0.05) is 17.5 Å². The third kappa shape index (κ3) is 4.69. The molecule has 2 rings (SSSR count). The topological polar surface area (TPSA) is 78.5 Å². The SMILES string of the molecule is CN(C)[C@@H](CNC(=O)N[C@H]1CCS(=O)(=O)C1)c1cccs1. The van der Waals surface area contributed by atoms with E-state index in [2.05, 4.69) is 10.6 Å². The number of nitrogens with one attached hydrogen (secondary N) is 2. The van der Waals surface area contributed by atoms with E-state index in [1.807, 2.05) is 36.5 Å². The number of likely N-dealkylation sites (N-methyl/N-ethyl adjacent to an activating group) is 1. The Morgan fingerprint density at radius 1 is 1.52 bits per heavy atom. The fraction of sp³-hybridized carbons (Fsp3) is 0.615. The highest BCUT2D eigenvalue weighted by Crippen LogP contribution is 2.22. The Bertz CT molecular complexity index is 569. The zero-order valence-electron chi connectivity index (χ0n) is 12.2. The lowest BCUT2D eigenvalue weighted by atomic mass is 10.2. The lowest BCUT2D eigenvalue weighted by Crippen LogP contribution is -2.45. The molecule has 2 atom stereocenters. The Balaban J connectivity index is 1.83. The lowest BCUT2D eigenvalue weighted by molar-refractivity contribution is 0.230. The van der Waals surface area contributed by atoms with Crippen LogP contribution in [0.15, 0.2) is 17.5 Å². The molecule has 21 heavy (non-hydrogen) atoms. The summed E-state index contributed by atoms with van der Waals surface area (Å²) in [6, 6.07) is 3.57. The Morgan fingerprint density at radius 3 is 2.81 bits per heavy atom. The second kappa shape index (κ2) is 6.76. The average molecular weight is 331 g/mol. The molecule has 2 heterocycles. The molecule has 0 spiro atoms. The van der Waals surface area contributed by atoms with E-state index in [4.69, 9.17) is 0 Å². The monoisotopic (exact) mass is 331 g/mol. The predicted molar refractivity (Wildman–Crippen MR) is 84.3 cm³/mol. The van der Waals surface area contributed by atoms with Crippen molar-refractivity contribution < 1.29 is 13.2 Å². The maximum atomic E-state index is 11.9. The number of thiophene rings is 1. The molecule has 2 N–H and O–H groups in total. The van der Waals surface area contributed by atoms with E-state index < -0.39 is 9.84 Å². The van der Waals surface area contributed by atoms with E-state index in [9.17, 15) is 13.2 Å². The van der Waals surface area contributed by atoms with Gasteiger partial charge in [0.25, 0.3) is 0 Å². The number of amides is 2. The van der Waals surface area contributed by atoms with Crippen LogP contribution < -0.4 is 10.6 Å². The molecule has 0 radical (unpaired) electrons. The van der Waals surface area contributed by atoms with E-state index in [-0.39, 0.29) is 29.6 Å². The van der Waals surface area contributed by atoms with Crippen molar-refractivity contribution in [2.24, 2.45) is 0 Å². The highest BCUT2D eigenvalue weighted by atomic mass is 32.2. The molecule has 0 aromatic carbocycles. The highest BCUT2D eigenvalue weighted by molar-refractivity contribution is 7.91. The molecule has 1 aromatic rings. The van der Waals surface area contributed by atoms with E-state index in [0.29, 0.717) is 13.0 Å². The summed E-state index contributed by atoms with van der Waals surface area (Å²) < 4.78 is 22.7. The van der Waals surface area contributed by atoms with Gasteiger partial charge in [-0.2, -0.15) is 0 Å². The van der Waals surface area contributed by atoms with Gasteiger partial charge in [-0.25, -0.2) is 13.2 Å². The first-order valence-electron chi connectivity index (χ1n) is 6.82. The number of urea groups is 1. The minimum Gasteiger partial charge on any atom is -0.336 e. The number of nitrogens with zero attached hydrogens (tertiary/aromatic N) is 1. The van der Waals surface area contributed by atoms with Crippen LogP contribution in [0.25, 0.3) is 0 Å². The molecule has 0 aliphatic carbocycles. The molecular weight excluding hydrogens is 310 g/mol. The molecule has 6 nitrogen and oxygen atoms in total. The van der Waals surface area contributed by atoms with Gasteiger partial charge in [-0.15, -0.1) is 11.3 Å². The number of carbonyl (C=O) groups excluding carboxylic acids is 1. The van der Waals surface area contributed by atoms with Crippen LogP contribution >= 0.6 is 11.3 Å². The van der Waals surface area contributed by atoms with E-state index >= 15 is 0 Å². The molecule has 0 saturated carbocycles. The van der Waals surface area contributed by atoms with Gasteiger partial charge in [0.2, 0.25) is 0 Å². The summed E-state index contributed by atoms with van der Waals surface area (Å²) in [5.41, 5.74) is 0. The smallest absolute Gasteiger partial charge is 0.315 e. The van der Waals surface area contributed by atoms with Gasteiger partial charge >= 0.3 is 6.03 Å². The third-order valence-electron chi connectivity index (χ3n) is 3.52. The van der Waals surface area contributed by atoms with E-state index in [1.165, 1.54) is 4.88 Å². The molecule has 1 aliphatic heterocycles. The van der Waals surface area contributed by atoms with E-state index in [0.717, 1.165) is 0 Å². The lowest BCUT2D eigenvalue weighted by Gasteiger charge is -2.24. The summed E-state index contributed by atoms with van der Waals surface area (Å²) in [6.07, 6.45) is 0.498. The number of sulfone groups is 1. The van der Waals surface area contributed by atoms with Gasteiger partial charge < -0.3 is 15.5 Å². The van der Waals surface area contributed by atoms with Crippen LogP contribution in [0.3, 0.4) is 0 Å². The van der Waals surface area contributed by atoms with Crippen LogP contribution in [-0.4, -0.2) is 57.5 Å². The maximum Gasteiger partial charge on any atom is 0.315 e. The molecule has 0 unspecified atom stereocenters. The van der Waals surface area contributed by atoms with Crippen molar-refractivity contribution in [1.82, 2.24) is 15.5 Å². The van der Waals surface area contributed by atoms with Crippen LogP contribution in [0, 0.1) is 0 Å². The van der Waals surface area contributed by atoms with Gasteiger partial charge in [0.05, 0.1) is 17.5 Å². The second-order valence-corrected chi connectivity index (χ2v) is 8.66. The summed E-state index contributed by atoms with van der Waals surface area (Å²) in [5, 5.41) is 7.57. The Hall–Kier alpha value is -1.12. The van der Waals surface area contributed by atoms with Crippen molar-refractivity contribution in [1.29, 1.82) is 0 Å². The Labute approximate surface area is 129 Å². The molecular formula is C13H21N3O3S2. The quantitative estimate of drug-likeness (QED) is 0.838. The molecule has 1 aliphatic rings. The summed E-state index contributed by atoms with van der Waals surface area (Å²) in [7, 11) is 0.961. The fourth-order valence-corrected chi connectivity index (χ4v) is 4.95. The average Bonchev–Trinajstić information content (AvgIpc) is 2.99. The zero-order chi connectivity index (χ0) is 15.5. The third-order valence-corrected chi connectivity index (χ3v) is 6.26. The molecule has 1 aromatic heterocycles. The summed E-state index contributed by atoms with van der Waals surface area (Å²) in [6.45, 7) is 0.485. The maximum absolute atomic E-state index is 11.9. The summed E-state index contributed by atoms with van der Waals surface area (Å²) >= 11 is 1.65. The first-order chi connectivity index (χ1) is 9.87. The van der Waals surface area contributed by atoms with Gasteiger partial charge in [0.15, 0.2) is 9.84 Å². The van der Waals surface area contributed by atoms with Crippen molar-refractivity contribution in [3.05, 3.63) is 22.4 Å². The van der Waals surface area contributed by atoms with Crippen LogP contribution in [0.1, 0.15) is 17.3 Å². The summed E-state index contributed by atoms with van der Waals surface area (Å²) in [5.74, 6) is 0.204. The molecule has 1 fully saturated rings. The van der Waals surface area contributed by atoms with Crippen molar-refractivity contribution in [2.75, 3.05) is 32.1 Å². The fourth-order valence-electron chi connectivity index (χ4n) is 2.35. The van der Waals surface area contributed by atoms with Crippen molar-refractivity contribution in [2.45, 2.75) is 18.5 Å². The predicted octanol–water partition coefficient (Wildman–Crippen LogP) is 0.837. The van der Waals surface area contributed by atoms with Gasteiger partial charge in [-0.3, -0.25) is 0 Å². The number of hydrogen-bond acceptors (Lipinski definition) is 5. The van der Waals surface area contributed by atoms with Gasteiger partial charge in [-0.05, 0) is 32.0 Å². The normalized spacial score (nSPS) is 22.1.